The Labute approximate surface area is 190 Å². The topological polar surface area (TPSA) is 230 Å². The van der Waals surface area contributed by atoms with Gasteiger partial charge in [-0.2, -0.15) is 0 Å². The lowest BCUT2D eigenvalue weighted by molar-refractivity contribution is 0.135. The molecule has 12 nitrogen and oxygen atoms in total. The van der Waals surface area contributed by atoms with E-state index in [9.17, 15) is 0 Å². The number of hydrogen-bond donors (Lipinski definition) is 10. The highest BCUT2D eigenvalue weighted by atomic mass is 32.1. The summed E-state index contributed by atoms with van der Waals surface area (Å²) in [5.41, 5.74) is 0. The number of rotatable bonds is 0. The second-order valence-electron chi connectivity index (χ2n) is 4.92. The maximum Gasteiger partial charge on any atom is 0.503 e. The molecule has 0 amide bonds. The van der Waals surface area contributed by atoms with Gasteiger partial charge < -0.3 is 40.9 Å². The molecule has 174 valence electrons. The van der Waals surface area contributed by atoms with Crippen LogP contribution in [-0.4, -0.2) is 65.5 Å². The molecule has 0 unspecified atom stereocenters. The Morgan fingerprint density at radius 1 is 0.438 bits per heavy atom. The van der Waals surface area contributed by atoms with Crippen molar-refractivity contribution >= 4 is 71.4 Å². The normalized spacial score (nSPS) is 8.56. The number of benzene rings is 3. The highest BCUT2D eigenvalue weighted by molar-refractivity contribution is 7.81. The van der Waals surface area contributed by atoms with Gasteiger partial charge in [0.25, 0.3) is 0 Å². The highest BCUT2D eigenvalue weighted by Crippen LogP contribution is 2.36. The van der Waals surface area contributed by atoms with Crippen LogP contribution in [0.4, 0.5) is 19.2 Å². The first-order valence-corrected chi connectivity index (χ1v) is 8.60. The van der Waals surface area contributed by atoms with Gasteiger partial charge >= 0.3 is 24.6 Å². The van der Waals surface area contributed by atoms with E-state index in [0.717, 1.165) is 31.3 Å². The number of hydrogen-bond acceptors (Lipinski definition) is 6. The molecular weight excluding hydrogens is 472 g/mol. The third kappa shape index (κ3) is 14.0. The monoisotopic (exact) mass is 490 g/mol. The van der Waals surface area contributed by atoms with Crippen molar-refractivity contribution in [3.05, 3.63) is 48.5 Å². The summed E-state index contributed by atoms with van der Waals surface area (Å²) in [5.74, 6) is 0. The standard InChI is InChI=1S/C14H10S2.4CH2O3/c15-13-9-5-1-2-6-10(9)14(16)12-8-4-3-7-11(12)13;4*2-1(3)4/h1-8,15-16H;4*(H2,2,3,4). The first-order chi connectivity index (χ1) is 14.7. The van der Waals surface area contributed by atoms with Gasteiger partial charge in [0.2, 0.25) is 0 Å². The van der Waals surface area contributed by atoms with E-state index in [4.69, 9.17) is 60.0 Å². The minimum Gasteiger partial charge on any atom is -0.450 e. The minimum atomic E-state index is -1.83. The smallest absolute Gasteiger partial charge is 0.450 e. The summed E-state index contributed by atoms with van der Waals surface area (Å²) >= 11 is 9.26. The zero-order chi connectivity index (χ0) is 25.4. The van der Waals surface area contributed by atoms with E-state index in [0.29, 0.717) is 0 Å². The molecule has 0 aromatic heterocycles. The summed E-state index contributed by atoms with van der Waals surface area (Å²) in [5, 5.41) is 60.4. The molecule has 0 fully saturated rings. The van der Waals surface area contributed by atoms with E-state index < -0.39 is 24.6 Å². The lowest BCUT2D eigenvalue weighted by Crippen LogP contribution is -1.82. The van der Waals surface area contributed by atoms with Crippen molar-refractivity contribution in [2.75, 3.05) is 0 Å². The number of thiol groups is 2. The first kappa shape index (κ1) is 30.2. The molecule has 0 aliphatic heterocycles. The van der Waals surface area contributed by atoms with Gasteiger partial charge in [0.1, 0.15) is 0 Å². The van der Waals surface area contributed by atoms with Gasteiger partial charge in [0.05, 0.1) is 0 Å². The molecule has 0 aliphatic carbocycles. The molecule has 0 aliphatic rings. The summed E-state index contributed by atoms with van der Waals surface area (Å²) in [6.45, 7) is 0. The SMILES string of the molecule is O=C(O)O.O=C(O)O.O=C(O)O.O=C(O)O.Sc1c2ccccc2c(S)c2ccccc12. The van der Waals surface area contributed by atoms with Gasteiger partial charge in [-0.1, -0.05) is 48.5 Å². The average Bonchev–Trinajstić information content (AvgIpc) is 2.64. The maximum absolute atomic E-state index is 8.56. The van der Waals surface area contributed by atoms with Crippen molar-refractivity contribution in [1.29, 1.82) is 0 Å². The average molecular weight is 490 g/mol. The predicted octanol–water partition coefficient (Wildman–Crippen LogP) is 5.46. The number of fused-ring (bicyclic) bond motifs is 2. The Kier molecular flexibility index (Phi) is 14.8. The highest BCUT2D eigenvalue weighted by Gasteiger charge is 2.08. The van der Waals surface area contributed by atoms with E-state index >= 15 is 0 Å². The van der Waals surface area contributed by atoms with E-state index in [1.54, 1.807) is 0 Å². The van der Waals surface area contributed by atoms with Gasteiger partial charge in [0.15, 0.2) is 0 Å². The molecule has 0 bridgehead atoms. The Bertz CT molecular complexity index is 887. The van der Waals surface area contributed by atoms with E-state index in [-0.39, 0.29) is 0 Å². The third-order valence-electron chi connectivity index (χ3n) is 2.87. The minimum absolute atomic E-state index is 1.03. The molecule has 0 atom stereocenters. The summed E-state index contributed by atoms with van der Waals surface area (Å²) in [4.78, 5) is 36.3. The van der Waals surface area contributed by atoms with Crippen molar-refractivity contribution in [3.8, 4) is 0 Å². The second kappa shape index (κ2) is 15.8. The Hall–Kier alpha value is -4.04. The van der Waals surface area contributed by atoms with Gasteiger partial charge in [0, 0.05) is 9.79 Å². The van der Waals surface area contributed by atoms with Gasteiger partial charge in [-0.15, -0.1) is 25.3 Å². The first-order valence-electron chi connectivity index (χ1n) is 7.71. The quantitative estimate of drug-likeness (QED) is 0.140. The Balaban J connectivity index is 0. The Morgan fingerprint density at radius 2 is 0.562 bits per heavy atom. The fraction of sp³-hybridized carbons (Fsp3) is 0. The van der Waals surface area contributed by atoms with Crippen LogP contribution in [0.5, 0.6) is 0 Å². The molecule has 0 heterocycles. The van der Waals surface area contributed by atoms with Crippen LogP contribution in [0.15, 0.2) is 58.3 Å². The van der Waals surface area contributed by atoms with Crippen LogP contribution in [-0.2, 0) is 0 Å². The molecule has 0 saturated heterocycles. The van der Waals surface area contributed by atoms with Crippen LogP contribution in [0.25, 0.3) is 21.5 Å². The lowest BCUT2D eigenvalue weighted by Gasteiger charge is -2.09. The number of carbonyl (C=O) groups is 4. The lowest BCUT2D eigenvalue weighted by atomic mass is 10.0. The van der Waals surface area contributed by atoms with Crippen molar-refractivity contribution < 1.29 is 60.0 Å². The molecule has 0 spiro atoms. The fourth-order valence-corrected chi connectivity index (χ4v) is 2.86. The van der Waals surface area contributed by atoms with Crippen molar-refractivity contribution in [3.63, 3.8) is 0 Å². The summed E-state index contributed by atoms with van der Waals surface area (Å²) in [6.07, 6.45) is -7.33. The fourth-order valence-electron chi connectivity index (χ4n) is 2.08. The van der Waals surface area contributed by atoms with Crippen LogP contribution >= 0.6 is 25.3 Å². The van der Waals surface area contributed by atoms with Crippen molar-refractivity contribution in [2.45, 2.75) is 9.79 Å². The predicted molar refractivity (Wildman–Crippen MR) is 119 cm³/mol. The third-order valence-corrected chi connectivity index (χ3v) is 3.84. The van der Waals surface area contributed by atoms with Crippen LogP contribution in [0.3, 0.4) is 0 Å². The molecule has 3 aromatic carbocycles. The zero-order valence-electron chi connectivity index (χ0n) is 15.7. The van der Waals surface area contributed by atoms with E-state index in [1.165, 1.54) is 0 Å². The Morgan fingerprint density at radius 3 is 0.688 bits per heavy atom. The molecule has 8 N–H and O–H groups in total. The van der Waals surface area contributed by atoms with Gasteiger partial charge in [-0.3, -0.25) is 0 Å². The summed E-state index contributed by atoms with van der Waals surface area (Å²) in [6, 6.07) is 16.5. The largest absolute Gasteiger partial charge is 0.503 e. The maximum atomic E-state index is 8.56. The summed E-state index contributed by atoms with van der Waals surface area (Å²) in [7, 11) is 0. The zero-order valence-corrected chi connectivity index (χ0v) is 17.5. The van der Waals surface area contributed by atoms with Crippen LogP contribution in [0.1, 0.15) is 0 Å². The second-order valence-corrected chi connectivity index (χ2v) is 5.81. The molecule has 0 saturated carbocycles. The van der Waals surface area contributed by atoms with Crippen molar-refractivity contribution in [1.82, 2.24) is 0 Å². The van der Waals surface area contributed by atoms with Crippen LogP contribution < -0.4 is 0 Å². The van der Waals surface area contributed by atoms with Gasteiger partial charge in [-0.25, -0.2) is 19.2 Å². The van der Waals surface area contributed by atoms with Crippen LogP contribution in [0.2, 0.25) is 0 Å². The summed E-state index contributed by atoms with van der Waals surface area (Å²) < 4.78 is 0. The molecule has 32 heavy (non-hydrogen) atoms. The molecule has 14 heteroatoms. The molecule has 3 rings (SSSR count). The molecule has 3 aromatic rings. The van der Waals surface area contributed by atoms with Gasteiger partial charge in [-0.05, 0) is 21.5 Å². The van der Waals surface area contributed by atoms with E-state index in [2.05, 4.69) is 49.5 Å². The van der Waals surface area contributed by atoms with E-state index in [1.807, 2.05) is 24.3 Å². The molecular formula is C18H18O12S2. The van der Waals surface area contributed by atoms with Crippen LogP contribution in [0, 0.1) is 0 Å². The molecule has 0 radical (unpaired) electrons. The van der Waals surface area contributed by atoms with Crippen molar-refractivity contribution in [2.24, 2.45) is 0 Å². The number of carboxylic acid groups (broad SMARTS) is 8.